The van der Waals surface area contributed by atoms with Crippen LogP contribution in [0.15, 0.2) is 36.6 Å². The first-order valence-electron chi connectivity index (χ1n) is 9.61. The molecule has 1 amide bonds. The number of rotatable bonds is 6. The van der Waals surface area contributed by atoms with E-state index >= 15 is 0 Å². The predicted octanol–water partition coefficient (Wildman–Crippen LogP) is 3.53. The molecule has 172 valence electrons. The van der Waals surface area contributed by atoms with Gasteiger partial charge in [0.25, 0.3) is 0 Å². The zero-order valence-electron chi connectivity index (χ0n) is 17.8. The SMILES string of the molecule is C1=COc2ccccc2C1.CCC(C)(P(=O)(O)O)P(=O)(O)O.CCCNC(=O)CC. The summed E-state index contributed by atoms with van der Waals surface area (Å²) in [5.41, 5.74) is 1.27. The summed E-state index contributed by atoms with van der Waals surface area (Å²) in [5, 5.41) is 2.74. The summed E-state index contributed by atoms with van der Waals surface area (Å²) in [5.74, 6) is 1.14. The van der Waals surface area contributed by atoms with Gasteiger partial charge < -0.3 is 29.6 Å². The Bertz CT molecular complexity index is 735. The van der Waals surface area contributed by atoms with Crippen molar-refractivity contribution in [1.29, 1.82) is 0 Å². The van der Waals surface area contributed by atoms with Crippen molar-refractivity contribution < 1.29 is 38.2 Å². The summed E-state index contributed by atoms with van der Waals surface area (Å²) < 4.78 is 26.7. The van der Waals surface area contributed by atoms with Crippen molar-refractivity contribution in [2.45, 2.75) is 58.3 Å². The first-order chi connectivity index (χ1) is 13.8. The number of allylic oxidation sites excluding steroid dienone is 1. The number of para-hydroxylation sites is 1. The molecule has 30 heavy (non-hydrogen) atoms. The lowest BCUT2D eigenvalue weighted by Gasteiger charge is -2.29. The first kappa shape index (κ1) is 28.5. The number of ether oxygens (including phenoxy) is 1. The van der Waals surface area contributed by atoms with Gasteiger partial charge in [0.15, 0.2) is 4.90 Å². The summed E-state index contributed by atoms with van der Waals surface area (Å²) in [6, 6.07) is 8.08. The number of hydrogen-bond donors (Lipinski definition) is 5. The molecule has 0 unspecified atom stereocenters. The average Bonchev–Trinajstić information content (AvgIpc) is 2.70. The van der Waals surface area contributed by atoms with E-state index in [-0.39, 0.29) is 12.3 Å². The highest BCUT2D eigenvalue weighted by Gasteiger charge is 2.54. The van der Waals surface area contributed by atoms with Crippen molar-refractivity contribution in [3.05, 3.63) is 42.2 Å². The Kier molecular flexibility index (Phi) is 12.4. The molecule has 11 heteroatoms. The van der Waals surface area contributed by atoms with Gasteiger partial charge in [-0.1, -0.05) is 39.0 Å². The largest absolute Gasteiger partial charge is 0.465 e. The number of nitrogens with one attached hydrogen (secondary N) is 1. The van der Waals surface area contributed by atoms with Gasteiger partial charge in [-0.15, -0.1) is 0 Å². The van der Waals surface area contributed by atoms with Crippen molar-refractivity contribution in [1.82, 2.24) is 5.32 Å². The molecule has 1 heterocycles. The highest BCUT2D eigenvalue weighted by Crippen LogP contribution is 2.70. The summed E-state index contributed by atoms with van der Waals surface area (Å²) >= 11 is 0. The topological polar surface area (TPSA) is 153 Å². The normalized spacial score (nSPS) is 12.9. The van der Waals surface area contributed by atoms with E-state index in [1.165, 1.54) is 12.5 Å². The number of carbonyl (C=O) groups excluding carboxylic acids is 1. The van der Waals surface area contributed by atoms with Gasteiger partial charge in [-0.2, -0.15) is 0 Å². The number of amides is 1. The lowest BCUT2D eigenvalue weighted by Crippen LogP contribution is -2.23. The maximum atomic E-state index is 10.7. The van der Waals surface area contributed by atoms with Crippen molar-refractivity contribution in [3.63, 3.8) is 0 Å². The van der Waals surface area contributed by atoms with Crippen LogP contribution in [-0.4, -0.2) is 36.9 Å². The summed E-state index contributed by atoms with van der Waals surface area (Å²) in [6.45, 7) is 6.90. The summed E-state index contributed by atoms with van der Waals surface area (Å²) in [4.78, 5) is 43.0. The van der Waals surface area contributed by atoms with Crippen LogP contribution in [-0.2, 0) is 20.3 Å². The Morgan fingerprint density at radius 2 is 1.67 bits per heavy atom. The summed E-state index contributed by atoms with van der Waals surface area (Å²) in [7, 11) is -9.54. The summed E-state index contributed by atoms with van der Waals surface area (Å²) in [6.07, 6.45) is 6.09. The molecule has 9 nitrogen and oxygen atoms in total. The molecule has 0 fully saturated rings. The van der Waals surface area contributed by atoms with Crippen LogP contribution in [0.1, 0.15) is 52.5 Å². The smallest absolute Gasteiger partial charge is 0.343 e. The molecule has 0 atom stereocenters. The van der Waals surface area contributed by atoms with Crippen LogP contribution >= 0.6 is 15.2 Å². The highest BCUT2D eigenvalue weighted by molar-refractivity contribution is 7.72. The molecule has 0 aliphatic carbocycles. The molecule has 1 aromatic carbocycles. The molecule has 0 aromatic heterocycles. The third kappa shape index (κ3) is 9.13. The maximum Gasteiger partial charge on any atom is 0.343 e. The van der Waals surface area contributed by atoms with Crippen LogP contribution in [0, 0.1) is 0 Å². The Balaban J connectivity index is 0.000000429. The number of benzene rings is 1. The molecule has 0 saturated heterocycles. The molecule has 0 saturated carbocycles. The Morgan fingerprint density at radius 3 is 2.07 bits per heavy atom. The van der Waals surface area contributed by atoms with Crippen LogP contribution in [0.3, 0.4) is 0 Å². The van der Waals surface area contributed by atoms with E-state index in [9.17, 15) is 13.9 Å². The van der Waals surface area contributed by atoms with Gasteiger partial charge in [-0.3, -0.25) is 13.9 Å². The monoisotopic (exact) mass is 465 g/mol. The van der Waals surface area contributed by atoms with E-state index in [2.05, 4.69) is 11.4 Å². The van der Waals surface area contributed by atoms with E-state index in [4.69, 9.17) is 24.3 Å². The van der Waals surface area contributed by atoms with Gasteiger partial charge in [0.2, 0.25) is 5.91 Å². The van der Waals surface area contributed by atoms with Gasteiger partial charge in [0.1, 0.15) is 5.75 Å². The van der Waals surface area contributed by atoms with E-state index in [1.807, 2.05) is 38.1 Å². The van der Waals surface area contributed by atoms with Crippen molar-refractivity contribution >= 4 is 21.1 Å². The van der Waals surface area contributed by atoms with Crippen LogP contribution in [0.25, 0.3) is 0 Å². The van der Waals surface area contributed by atoms with Crippen LogP contribution in [0.4, 0.5) is 0 Å². The zero-order chi connectivity index (χ0) is 23.4. The third-order valence-corrected chi connectivity index (χ3v) is 9.13. The molecule has 0 radical (unpaired) electrons. The van der Waals surface area contributed by atoms with Crippen LogP contribution in [0.5, 0.6) is 5.75 Å². The molecule has 1 aliphatic heterocycles. The minimum absolute atomic E-state index is 0.145. The van der Waals surface area contributed by atoms with Crippen molar-refractivity contribution in [3.8, 4) is 5.75 Å². The second-order valence-electron chi connectivity index (χ2n) is 6.66. The van der Waals surface area contributed by atoms with E-state index < -0.39 is 20.1 Å². The minimum atomic E-state index is -4.77. The fourth-order valence-electron chi connectivity index (χ4n) is 2.05. The molecule has 2 rings (SSSR count). The maximum absolute atomic E-state index is 10.7. The average molecular weight is 465 g/mol. The molecule has 1 aliphatic rings. The highest BCUT2D eigenvalue weighted by atomic mass is 31.2. The standard InChI is InChI=1S/C9H8O.C6H13NO.C4H12O6P2/c1-2-6-9-8(4-1)5-3-7-10-9;1-3-5-7-6(8)4-2;1-3-4(2,11(5,6)7)12(8,9)10/h1-4,6-7H,5H2;3-5H2,1-2H3,(H,7,8);3H2,1-2H3,(H2,5,6,7)(H2,8,9,10). The second-order valence-corrected chi connectivity index (χ2v) is 11.2. The molecule has 5 N–H and O–H groups in total. The van der Waals surface area contributed by atoms with Gasteiger partial charge in [-0.05, 0) is 43.9 Å². The number of carbonyl (C=O) groups is 1. The fourth-order valence-corrected chi connectivity index (χ4v) is 4.24. The second kappa shape index (κ2) is 13.1. The van der Waals surface area contributed by atoms with Gasteiger partial charge in [-0.25, -0.2) is 0 Å². The van der Waals surface area contributed by atoms with E-state index in [0.717, 1.165) is 32.1 Å². The quantitative estimate of drug-likeness (QED) is 0.400. The number of fused-ring (bicyclic) bond motifs is 1. The molecule has 0 spiro atoms. The lowest BCUT2D eigenvalue weighted by atomic mass is 10.1. The fraction of sp³-hybridized carbons (Fsp3) is 0.526. The zero-order valence-corrected chi connectivity index (χ0v) is 19.6. The lowest BCUT2D eigenvalue weighted by molar-refractivity contribution is -0.120. The Labute approximate surface area is 177 Å². The van der Waals surface area contributed by atoms with Crippen LogP contribution < -0.4 is 10.1 Å². The molecular weight excluding hydrogens is 432 g/mol. The van der Waals surface area contributed by atoms with E-state index in [1.54, 1.807) is 6.26 Å². The predicted molar refractivity (Wildman–Crippen MR) is 116 cm³/mol. The van der Waals surface area contributed by atoms with Crippen molar-refractivity contribution in [2.75, 3.05) is 6.54 Å². The van der Waals surface area contributed by atoms with Gasteiger partial charge >= 0.3 is 15.2 Å². The molecule has 1 aromatic rings. The Hall–Kier alpha value is -1.47. The third-order valence-electron chi connectivity index (χ3n) is 4.42. The van der Waals surface area contributed by atoms with Gasteiger partial charge in [0.05, 0.1) is 6.26 Å². The molecular formula is C19H33NO8P2. The minimum Gasteiger partial charge on any atom is -0.465 e. The Morgan fingerprint density at radius 1 is 1.10 bits per heavy atom. The van der Waals surface area contributed by atoms with Gasteiger partial charge in [0, 0.05) is 13.0 Å². The number of hydrogen-bond acceptors (Lipinski definition) is 4. The molecule has 0 bridgehead atoms. The van der Waals surface area contributed by atoms with Crippen molar-refractivity contribution in [2.24, 2.45) is 0 Å². The first-order valence-corrected chi connectivity index (χ1v) is 12.8. The van der Waals surface area contributed by atoms with Crippen LogP contribution in [0.2, 0.25) is 0 Å². The van der Waals surface area contributed by atoms with E-state index in [0.29, 0.717) is 6.42 Å².